The van der Waals surface area contributed by atoms with E-state index in [0.717, 1.165) is 44.9 Å². The topological polar surface area (TPSA) is 214 Å². The molecule has 0 radical (unpaired) electrons. The highest BCUT2D eigenvalue weighted by Gasteiger charge is 2.47. The Balaban J connectivity index is 1.77. The van der Waals surface area contributed by atoms with Gasteiger partial charge in [0.1, 0.15) is 54.9 Å². The van der Waals surface area contributed by atoms with Crippen molar-refractivity contribution < 1.29 is 69.0 Å². The Kier molecular flexibility index (Phi) is 27.4. The van der Waals surface area contributed by atoms with Crippen LogP contribution in [0.3, 0.4) is 0 Å². The molecule has 0 spiro atoms. The normalized spacial score (nSPS) is 29.4. The number of carbonyl (C=O) groups excluding carboxylic acids is 1. The van der Waals surface area contributed by atoms with Crippen molar-refractivity contribution >= 4 is 5.97 Å². The first-order chi connectivity index (χ1) is 26.1. The molecule has 2 saturated heterocycles. The summed E-state index contributed by atoms with van der Waals surface area (Å²) in [4.78, 5) is 12.7. The second kappa shape index (κ2) is 30.1. The third-order valence-corrected chi connectivity index (χ3v) is 10.4. The van der Waals surface area contributed by atoms with E-state index >= 15 is 0 Å². The van der Waals surface area contributed by atoms with Gasteiger partial charge in [0.25, 0.3) is 0 Å². The number of rotatable bonds is 32. The highest BCUT2D eigenvalue weighted by molar-refractivity contribution is 5.69. The standard InChI is InChI=1S/C40H76O14/c1-3-5-7-9-10-11-12-13-14-15-16-17-18-20-22-24-49-26-29(52-32(42)23-21-19-8-6-4-2)27-50-39-38(48)36(46)34(44)31(54-39)28-51-40-37(47)35(45)33(43)30(25-41)53-40/h29-31,33-41,43-48H,3-28H2,1-2H3. The highest BCUT2D eigenvalue weighted by Crippen LogP contribution is 2.26. The molecule has 2 rings (SSSR count). The molecular formula is C40H76O14. The lowest BCUT2D eigenvalue weighted by atomic mass is 9.98. The van der Waals surface area contributed by atoms with Gasteiger partial charge in [-0.2, -0.15) is 0 Å². The predicted molar refractivity (Wildman–Crippen MR) is 201 cm³/mol. The number of hydrogen-bond acceptors (Lipinski definition) is 14. The first kappa shape index (κ1) is 49.1. The molecule has 320 valence electrons. The maximum Gasteiger partial charge on any atom is 0.306 e. The first-order valence-electron chi connectivity index (χ1n) is 21.1. The molecular weight excluding hydrogens is 704 g/mol. The third kappa shape index (κ3) is 19.4. The Morgan fingerprint density at radius 3 is 1.50 bits per heavy atom. The number of ether oxygens (including phenoxy) is 6. The van der Waals surface area contributed by atoms with E-state index in [-0.39, 0.29) is 25.6 Å². The first-order valence-corrected chi connectivity index (χ1v) is 21.1. The molecule has 0 aromatic carbocycles. The summed E-state index contributed by atoms with van der Waals surface area (Å²) in [7, 11) is 0. The van der Waals surface area contributed by atoms with Gasteiger partial charge in [-0.25, -0.2) is 0 Å². The minimum absolute atomic E-state index is 0.0673. The van der Waals surface area contributed by atoms with Gasteiger partial charge < -0.3 is 64.2 Å². The van der Waals surface area contributed by atoms with Crippen LogP contribution in [0, 0.1) is 0 Å². The fraction of sp³-hybridized carbons (Fsp3) is 0.975. The van der Waals surface area contributed by atoms with Crippen LogP contribution in [0.4, 0.5) is 0 Å². The molecule has 7 N–H and O–H groups in total. The Bertz CT molecular complexity index is 912. The van der Waals surface area contributed by atoms with Crippen molar-refractivity contribution in [1.29, 1.82) is 0 Å². The molecule has 11 atom stereocenters. The zero-order valence-electron chi connectivity index (χ0n) is 33.2. The molecule has 2 aliphatic heterocycles. The molecule has 0 aromatic heterocycles. The monoisotopic (exact) mass is 781 g/mol. The van der Waals surface area contributed by atoms with E-state index in [2.05, 4.69) is 13.8 Å². The van der Waals surface area contributed by atoms with Crippen molar-refractivity contribution in [3.8, 4) is 0 Å². The van der Waals surface area contributed by atoms with Crippen LogP contribution >= 0.6 is 0 Å². The second-order valence-electron chi connectivity index (χ2n) is 15.2. The van der Waals surface area contributed by atoms with Gasteiger partial charge in [-0.3, -0.25) is 4.79 Å². The lowest BCUT2D eigenvalue weighted by molar-refractivity contribution is -0.332. The van der Waals surface area contributed by atoms with Gasteiger partial charge in [-0.05, 0) is 12.8 Å². The molecule has 0 saturated carbocycles. The van der Waals surface area contributed by atoms with Crippen molar-refractivity contribution in [2.75, 3.05) is 33.0 Å². The average Bonchev–Trinajstić information content (AvgIpc) is 3.16. The highest BCUT2D eigenvalue weighted by atomic mass is 16.7. The molecule has 0 amide bonds. The molecule has 2 fully saturated rings. The number of unbranched alkanes of at least 4 members (excludes halogenated alkanes) is 18. The van der Waals surface area contributed by atoms with Crippen molar-refractivity contribution in [1.82, 2.24) is 0 Å². The zero-order valence-corrected chi connectivity index (χ0v) is 33.2. The molecule has 14 heteroatoms. The van der Waals surface area contributed by atoms with Crippen molar-refractivity contribution in [2.24, 2.45) is 0 Å². The Morgan fingerprint density at radius 1 is 0.537 bits per heavy atom. The van der Waals surface area contributed by atoms with Crippen LogP contribution in [0.5, 0.6) is 0 Å². The van der Waals surface area contributed by atoms with Gasteiger partial charge in [-0.1, -0.05) is 129 Å². The molecule has 0 aromatic rings. The van der Waals surface area contributed by atoms with Crippen LogP contribution in [-0.4, -0.2) is 142 Å². The average molecular weight is 781 g/mol. The zero-order chi connectivity index (χ0) is 39.6. The van der Waals surface area contributed by atoms with Crippen LogP contribution in [0.15, 0.2) is 0 Å². The van der Waals surface area contributed by atoms with Crippen molar-refractivity contribution in [2.45, 2.75) is 216 Å². The summed E-state index contributed by atoms with van der Waals surface area (Å²) in [6.45, 7) is 3.59. The van der Waals surface area contributed by atoms with Crippen LogP contribution in [0.25, 0.3) is 0 Å². The van der Waals surface area contributed by atoms with Crippen molar-refractivity contribution in [3.05, 3.63) is 0 Å². The summed E-state index contributed by atoms with van der Waals surface area (Å²) in [5.41, 5.74) is 0. The maximum absolute atomic E-state index is 12.7. The fourth-order valence-electron chi connectivity index (χ4n) is 6.81. The summed E-state index contributed by atoms with van der Waals surface area (Å²) in [6, 6.07) is 0. The lowest BCUT2D eigenvalue weighted by Gasteiger charge is -2.42. The number of esters is 1. The van der Waals surface area contributed by atoms with Gasteiger partial charge in [0, 0.05) is 13.0 Å². The SMILES string of the molecule is CCCCCCCCCCCCCCCCCOCC(COC1OC(COC2OC(CO)C(O)C(O)C2O)C(O)C(O)C1O)OC(=O)CCCCCCC. The van der Waals surface area contributed by atoms with Gasteiger partial charge >= 0.3 is 5.97 Å². The summed E-state index contributed by atoms with van der Waals surface area (Å²) in [5, 5.41) is 71.5. The van der Waals surface area contributed by atoms with Crippen LogP contribution < -0.4 is 0 Å². The minimum Gasteiger partial charge on any atom is -0.457 e. The van der Waals surface area contributed by atoms with Gasteiger partial charge in [0.05, 0.1) is 26.4 Å². The van der Waals surface area contributed by atoms with E-state index in [1.807, 2.05) is 0 Å². The van der Waals surface area contributed by atoms with Crippen LogP contribution in [0.2, 0.25) is 0 Å². The number of hydrogen-bond donors (Lipinski definition) is 7. The van der Waals surface area contributed by atoms with Gasteiger partial charge in [0.2, 0.25) is 0 Å². The van der Waals surface area contributed by atoms with E-state index in [1.54, 1.807) is 0 Å². The molecule has 2 heterocycles. The summed E-state index contributed by atoms with van der Waals surface area (Å²) >= 11 is 0. The minimum atomic E-state index is -1.70. The molecule has 14 nitrogen and oxygen atoms in total. The van der Waals surface area contributed by atoms with Crippen molar-refractivity contribution in [3.63, 3.8) is 0 Å². The van der Waals surface area contributed by atoms with E-state index in [4.69, 9.17) is 28.4 Å². The van der Waals surface area contributed by atoms with Gasteiger partial charge in [0.15, 0.2) is 12.6 Å². The van der Waals surface area contributed by atoms with E-state index < -0.39 is 80.7 Å². The molecule has 2 aliphatic rings. The number of aliphatic hydroxyl groups excluding tert-OH is 7. The van der Waals surface area contributed by atoms with E-state index in [1.165, 1.54) is 77.0 Å². The summed E-state index contributed by atoms with van der Waals surface area (Å²) in [5.74, 6) is -0.387. The number of aliphatic hydroxyl groups is 7. The molecule has 0 aliphatic carbocycles. The molecule has 54 heavy (non-hydrogen) atoms. The van der Waals surface area contributed by atoms with Gasteiger partial charge in [-0.15, -0.1) is 0 Å². The third-order valence-electron chi connectivity index (χ3n) is 10.4. The second-order valence-corrected chi connectivity index (χ2v) is 15.2. The Labute approximate surface area is 323 Å². The molecule has 11 unspecified atom stereocenters. The van der Waals surface area contributed by atoms with E-state index in [9.17, 15) is 40.5 Å². The van der Waals surface area contributed by atoms with E-state index in [0.29, 0.717) is 13.0 Å². The van der Waals surface area contributed by atoms with Crippen LogP contribution in [-0.2, 0) is 33.2 Å². The lowest BCUT2D eigenvalue weighted by Crippen LogP contribution is -2.61. The van der Waals surface area contributed by atoms with Crippen LogP contribution in [0.1, 0.15) is 149 Å². The number of carbonyl (C=O) groups is 1. The smallest absolute Gasteiger partial charge is 0.306 e. The molecule has 0 bridgehead atoms. The summed E-state index contributed by atoms with van der Waals surface area (Å²) in [6.07, 6.45) is 8.02. The largest absolute Gasteiger partial charge is 0.457 e. The Morgan fingerprint density at radius 2 is 0.981 bits per heavy atom. The summed E-state index contributed by atoms with van der Waals surface area (Å²) < 4.78 is 33.9. The predicted octanol–water partition coefficient (Wildman–Crippen LogP) is 3.79. The fourth-order valence-corrected chi connectivity index (χ4v) is 6.81. The quantitative estimate of drug-likeness (QED) is 0.0383. The maximum atomic E-state index is 12.7. The Hall–Kier alpha value is -1.01.